The third-order valence-corrected chi connectivity index (χ3v) is 4.95. The Hall–Kier alpha value is -2.11. The summed E-state index contributed by atoms with van der Waals surface area (Å²) in [4.78, 5) is 16.9. The first-order chi connectivity index (χ1) is 11.5. The Morgan fingerprint density at radius 1 is 1.33 bits per heavy atom. The van der Waals surface area contributed by atoms with Gasteiger partial charge in [0, 0.05) is 28.7 Å². The van der Waals surface area contributed by atoms with E-state index in [0.717, 1.165) is 22.1 Å². The monoisotopic (exact) mass is 359 g/mol. The first kappa shape index (κ1) is 16.7. The maximum Gasteiger partial charge on any atom is 0.230 e. The van der Waals surface area contributed by atoms with Crippen LogP contribution in [0.15, 0.2) is 48.1 Å². The van der Waals surface area contributed by atoms with E-state index >= 15 is 0 Å². The third kappa shape index (κ3) is 3.86. The Balaban J connectivity index is 1.77. The molecule has 0 aliphatic rings. The number of anilines is 1. The predicted octanol–water partition coefficient (Wildman–Crippen LogP) is 4.89. The number of aromatic nitrogens is 2. The summed E-state index contributed by atoms with van der Waals surface area (Å²) in [5, 5.41) is 6.58. The predicted molar refractivity (Wildman–Crippen MR) is 99.3 cm³/mol. The van der Waals surface area contributed by atoms with E-state index in [0.29, 0.717) is 10.9 Å². The zero-order chi connectivity index (χ0) is 17.1. The highest BCUT2D eigenvalue weighted by atomic mass is 35.5. The molecule has 0 atom stereocenters. The highest BCUT2D eigenvalue weighted by Crippen LogP contribution is 2.25. The average Bonchev–Trinajstić information content (AvgIpc) is 3.20. The summed E-state index contributed by atoms with van der Waals surface area (Å²) in [7, 11) is 0. The number of thiazole rings is 1. The fourth-order valence-electron chi connectivity index (χ4n) is 2.35. The van der Waals surface area contributed by atoms with Crippen molar-refractivity contribution in [2.75, 3.05) is 5.32 Å². The molecular weight excluding hydrogens is 342 g/mol. The normalized spacial score (nSPS) is 11.0. The smallest absolute Gasteiger partial charge is 0.230 e. The van der Waals surface area contributed by atoms with Crippen LogP contribution in [0.5, 0.6) is 0 Å². The van der Waals surface area contributed by atoms with Gasteiger partial charge in [0.25, 0.3) is 0 Å². The van der Waals surface area contributed by atoms with Gasteiger partial charge in [-0.05, 0) is 30.3 Å². The number of carbonyl (C=O) groups is 1. The van der Waals surface area contributed by atoms with Crippen LogP contribution in [0.3, 0.4) is 0 Å². The lowest BCUT2D eigenvalue weighted by Crippen LogP contribution is -2.16. The molecule has 1 aromatic carbocycles. The van der Waals surface area contributed by atoms with Crippen LogP contribution < -0.4 is 5.32 Å². The van der Waals surface area contributed by atoms with Crippen molar-refractivity contribution in [3.05, 3.63) is 63.8 Å². The summed E-state index contributed by atoms with van der Waals surface area (Å²) in [6, 6.07) is 9.27. The molecule has 0 unspecified atom stereocenters. The maximum absolute atomic E-state index is 12.4. The van der Waals surface area contributed by atoms with E-state index < -0.39 is 0 Å². The van der Waals surface area contributed by atoms with Crippen molar-refractivity contribution in [3.63, 3.8) is 0 Å². The van der Waals surface area contributed by atoms with Crippen LogP contribution in [0.1, 0.15) is 30.5 Å². The van der Waals surface area contributed by atoms with Gasteiger partial charge in [-0.2, -0.15) is 0 Å². The van der Waals surface area contributed by atoms with Gasteiger partial charge in [0.15, 0.2) is 0 Å². The SMILES string of the molecule is CC(C)c1nc(CC(=O)Nc2ccc(Cl)cc2-n2cccc2)cs1. The van der Waals surface area contributed by atoms with E-state index in [2.05, 4.69) is 24.1 Å². The number of halogens is 1. The standard InChI is InChI=1S/C18H18ClN3OS/c1-12(2)18-20-14(11-24-18)10-17(23)21-15-6-5-13(19)9-16(15)22-7-3-4-8-22/h3-9,11-12H,10H2,1-2H3,(H,21,23). The second-order valence-electron chi connectivity index (χ2n) is 5.81. The molecule has 1 amide bonds. The van der Waals surface area contributed by atoms with Crippen molar-refractivity contribution in [3.8, 4) is 5.69 Å². The highest BCUT2D eigenvalue weighted by Gasteiger charge is 2.12. The summed E-state index contributed by atoms with van der Waals surface area (Å²) in [5.74, 6) is 0.287. The van der Waals surface area contributed by atoms with Crippen LogP contribution in [0.2, 0.25) is 5.02 Å². The quantitative estimate of drug-likeness (QED) is 0.704. The minimum absolute atomic E-state index is 0.0914. The lowest BCUT2D eigenvalue weighted by Gasteiger charge is -2.12. The van der Waals surface area contributed by atoms with E-state index in [9.17, 15) is 4.79 Å². The third-order valence-electron chi connectivity index (χ3n) is 3.52. The van der Waals surface area contributed by atoms with Gasteiger partial charge in [-0.1, -0.05) is 25.4 Å². The van der Waals surface area contributed by atoms with Gasteiger partial charge in [0.2, 0.25) is 5.91 Å². The molecule has 1 N–H and O–H groups in total. The van der Waals surface area contributed by atoms with Crippen LogP contribution in [0, 0.1) is 0 Å². The van der Waals surface area contributed by atoms with Gasteiger partial charge in [-0.15, -0.1) is 11.3 Å². The zero-order valence-corrected chi connectivity index (χ0v) is 15.1. The fraction of sp³-hybridized carbons (Fsp3) is 0.222. The Labute approximate surface area is 150 Å². The Morgan fingerprint density at radius 2 is 2.08 bits per heavy atom. The van der Waals surface area contributed by atoms with Crippen LogP contribution >= 0.6 is 22.9 Å². The van der Waals surface area contributed by atoms with E-state index in [1.165, 1.54) is 0 Å². The molecule has 0 bridgehead atoms. The van der Waals surface area contributed by atoms with Crippen LogP contribution in [0.4, 0.5) is 5.69 Å². The molecule has 0 aliphatic carbocycles. The first-order valence-corrected chi connectivity index (χ1v) is 8.95. The minimum Gasteiger partial charge on any atom is -0.324 e. The van der Waals surface area contributed by atoms with Crippen LogP contribution in [-0.2, 0) is 11.2 Å². The number of nitrogens with one attached hydrogen (secondary N) is 1. The molecule has 6 heteroatoms. The topological polar surface area (TPSA) is 46.9 Å². The summed E-state index contributed by atoms with van der Waals surface area (Å²) in [5.41, 5.74) is 2.36. The van der Waals surface area contributed by atoms with Crippen molar-refractivity contribution in [1.82, 2.24) is 9.55 Å². The Bertz CT molecular complexity index is 840. The van der Waals surface area contributed by atoms with Crippen molar-refractivity contribution < 1.29 is 4.79 Å². The van der Waals surface area contributed by atoms with Crippen LogP contribution in [0.25, 0.3) is 5.69 Å². The van der Waals surface area contributed by atoms with Gasteiger partial charge in [-0.3, -0.25) is 4.79 Å². The second-order valence-corrected chi connectivity index (χ2v) is 7.13. The fourth-order valence-corrected chi connectivity index (χ4v) is 3.35. The average molecular weight is 360 g/mol. The molecule has 24 heavy (non-hydrogen) atoms. The molecule has 0 radical (unpaired) electrons. The molecule has 2 aromatic heterocycles. The number of hydrogen-bond donors (Lipinski definition) is 1. The maximum atomic E-state index is 12.4. The van der Waals surface area contributed by atoms with E-state index in [1.807, 2.05) is 46.6 Å². The summed E-state index contributed by atoms with van der Waals surface area (Å²) < 4.78 is 1.92. The lowest BCUT2D eigenvalue weighted by molar-refractivity contribution is -0.115. The van der Waals surface area contributed by atoms with Crippen molar-refractivity contribution in [2.45, 2.75) is 26.2 Å². The van der Waals surface area contributed by atoms with E-state index in [-0.39, 0.29) is 12.3 Å². The van der Waals surface area contributed by atoms with Gasteiger partial charge < -0.3 is 9.88 Å². The molecule has 0 fully saturated rings. The molecule has 3 rings (SSSR count). The van der Waals surface area contributed by atoms with Gasteiger partial charge in [-0.25, -0.2) is 4.98 Å². The molecular formula is C18H18ClN3OS. The van der Waals surface area contributed by atoms with Crippen molar-refractivity contribution in [2.24, 2.45) is 0 Å². The van der Waals surface area contributed by atoms with Crippen molar-refractivity contribution in [1.29, 1.82) is 0 Å². The number of amides is 1. The Kier molecular flexibility index (Phi) is 5.02. The summed E-state index contributed by atoms with van der Waals surface area (Å²) in [6.07, 6.45) is 4.09. The molecule has 2 heterocycles. The molecule has 4 nitrogen and oxygen atoms in total. The molecule has 0 spiro atoms. The molecule has 0 saturated carbocycles. The van der Waals surface area contributed by atoms with Gasteiger partial charge >= 0.3 is 0 Å². The second kappa shape index (κ2) is 7.20. The number of hydrogen-bond acceptors (Lipinski definition) is 3. The minimum atomic E-state index is -0.0914. The summed E-state index contributed by atoms with van der Waals surface area (Å²) >= 11 is 7.69. The summed E-state index contributed by atoms with van der Waals surface area (Å²) in [6.45, 7) is 4.19. The van der Waals surface area contributed by atoms with Gasteiger partial charge in [0.1, 0.15) is 0 Å². The first-order valence-electron chi connectivity index (χ1n) is 7.70. The van der Waals surface area contributed by atoms with Gasteiger partial charge in [0.05, 0.1) is 28.5 Å². The molecule has 3 aromatic rings. The largest absolute Gasteiger partial charge is 0.324 e. The van der Waals surface area contributed by atoms with Crippen molar-refractivity contribution >= 4 is 34.5 Å². The number of carbonyl (C=O) groups excluding carboxylic acids is 1. The number of benzene rings is 1. The number of nitrogens with zero attached hydrogens (tertiary/aromatic N) is 2. The van der Waals surface area contributed by atoms with E-state index in [1.54, 1.807) is 17.4 Å². The molecule has 0 saturated heterocycles. The van der Waals surface area contributed by atoms with E-state index in [4.69, 9.17) is 11.6 Å². The highest BCUT2D eigenvalue weighted by molar-refractivity contribution is 7.09. The Morgan fingerprint density at radius 3 is 2.75 bits per heavy atom. The molecule has 0 aliphatic heterocycles. The zero-order valence-electron chi connectivity index (χ0n) is 13.5. The van der Waals surface area contributed by atoms with Crippen LogP contribution in [-0.4, -0.2) is 15.5 Å². The lowest BCUT2D eigenvalue weighted by atomic mass is 10.2. The number of rotatable bonds is 5. The molecule has 124 valence electrons.